The Morgan fingerprint density at radius 2 is 1.64 bits per heavy atom. The maximum Gasteiger partial charge on any atom is 0.323 e. The molecule has 2 aromatic carbocycles. The van der Waals surface area contributed by atoms with E-state index in [0.29, 0.717) is 5.75 Å². The van der Waals surface area contributed by atoms with Crippen LogP contribution in [0.3, 0.4) is 0 Å². The van der Waals surface area contributed by atoms with Gasteiger partial charge in [0.05, 0.1) is 20.8 Å². The van der Waals surface area contributed by atoms with Crippen LogP contribution in [0.4, 0.5) is 0 Å². The summed E-state index contributed by atoms with van der Waals surface area (Å²) in [6.45, 7) is 1.26. The van der Waals surface area contributed by atoms with Gasteiger partial charge in [-0.2, -0.15) is 0 Å². The Kier molecular flexibility index (Phi) is 7.65. The molecule has 4 rings (SSSR count). The number of benzene rings is 2. The molecule has 4 atom stereocenters. The molecule has 2 aromatic rings. The highest BCUT2D eigenvalue weighted by atomic mass is 16.7. The van der Waals surface area contributed by atoms with Gasteiger partial charge in [-0.15, -0.1) is 0 Å². The molecule has 0 aromatic heterocycles. The van der Waals surface area contributed by atoms with Crippen molar-refractivity contribution in [3.05, 3.63) is 59.7 Å². The van der Waals surface area contributed by atoms with Crippen LogP contribution in [-0.4, -0.2) is 68.5 Å². The van der Waals surface area contributed by atoms with E-state index in [0.717, 1.165) is 14.2 Å². The number of hydrogen-bond donors (Lipinski definition) is 1. The summed E-state index contributed by atoms with van der Waals surface area (Å²) in [4.78, 5) is 80.8. The van der Waals surface area contributed by atoms with Crippen LogP contribution in [0.1, 0.15) is 28.8 Å². The van der Waals surface area contributed by atoms with Gasteiger partial charge < -0.3 is 29.0 Å². The van der Waals surface area contributed by atoms with Gasteiger partial charge in [-0.3, -0.25) is 28.8 Å². The molecule has 2 aliphatic rings. The number of methoxy groups -OCH3 is 2. The van der Waals surface area contributed by atoms with Gasteiger partial charge in [-0.25, -0.2) is 0 Å². The monoisotopic (exact) mass is 539 g/mol. The van der Waals surface area contributed by atoms with E-state index in [2.05, 4.69) is 10.1 Å². The second-order valence-corrected chi connectivity index (χ2v) is 8.67. The molecule has 1 heterocycles. The van der Waals surface area contributed by atoms with Crippen molar-refractivity contribution < 1.29 is 52.5 Å². The van der Waals surface area contributed by atoms with E-state index in [1.54, 1.807) is 18.2 Å². The van der Waals surface area contributed by atoms with Gasteiger partial charge in [0.2, 0.25) is 6.79 Å². The van der Waals surface area contributed by atoms with Gasteiger partial charge >= 0.3 is 17.9 Å². The SMILES string of the molecule is CCOC(=O)C(c1ccc2c(c1)OCO2)C1(NC(=O)c2ccccc2)C(=O)C(C(=O)OC)C(=O)C1C(=O)OC. The number of Topliss-reactive ketones (excluding diaryl/α,β-unsaturated/α-hetero) is 2. The lowest BCUT2D eigenvalue weighted by molar-refractivity contribution is -0.156. The predicted molar refractivity (Wildman–Crippen MR) is 130 cm³/mol. The number of hydrogen-bond acceptors (Lipinski definition) is 11. The molecule has 1 fully saturated rings. The van der Waals surface area contributed by atoms with Crippen molar-refractivity contribution in [3.8, 4) is 11.5 Å². The van der Waals surface area contributed by atoms with Crippen LogP contribution in [0.25, 0.3) is 0 Å². The van der Waals surface area contributed by atoms with Crippen LogP contribution in [0.2, 0.25) is 0 Å². The van der Waals surface area contributed by atoms with Gasteiger partial charge in [0.25, 0.3) is 5.91 Å². The number of rotatable bonds is 8. The molecule has 0 spiro atoms. The summed E-state index contributed by atoms with van der Waals surface area (Å²) in [5.41, 5.74) is -2.54. The van der Waals surface area contributed by atoms with Gasteiger partial charge in [-0.1, -0.05) is 24.3 Å². The third-order valence-electron chi connectivity index (χ3n) is 6.63. The molecule has 0 bridgehead atoms. The molecule has 0 saturated heterocycles. The van der Waals surface area contributed by atoms with Crippen molar-refractivity contribution in [3.63, 3.8) is 0 Å². The molecule has 0 radical (unpaired) electrons. The van der Waals surface area contributed by atoms with Crippen LogP contribution in [0, 0.1) is 11.8 Å². The summed E-state index contributed by atoms with van der Waals surface area (Å²) in [7, 11) is 1.93. The molecule has 1 N–H and O–H groups in total. The molecule has 1 aliphatic heterocycles. The molecule has 1 aliphatic carbocycles. The van der Waals surface area contributed by atoms with Crippen LogP contribution in [0.15, 0.2) is 48.5 Å². The fourth-order valence-electron chi connectivity index (χ4n) is 4.93. The molecular weight excluding hydrogens is 514 g/mol. The van der Waals surface area contributed by atoms with Crippen molar-refractivity contribution in [1.82, 2.24) is 5.32 Å². The summed E-state index contributed by atoms with van der Waals surface area (Å²) in [6.07, 6.45) is 0. The van der Waals surface area contributed by atoms with Gasteiger partial charge in [0.1, 0.15) is 17.4 Å². The zero-order chi connectivity index (χ0) is 28.3. The van der Waals surface area contributed by atoms with E-state index in [-0.39, 0.29) is 30.3 Å². The van der Waals surface area contributed by atoms with E-state index in [1.807, 2.05) is 0 Å². The van der Waals surface area contributed by atoms with Crippen molar-refractivity contribution in [1.29, 1.82) is 0 Å². The van der Waals surface area contributed by atoms with E-state index in [9.17, 15) is 28.8 Å². The van der Waals surface area contributed by atoms with Gasteiger partial charge in [0, 0.05) is 5.56 Å². The average Bonchev–Trinajstić information content (AvgIpc) is 3.49. The molecule has 12 nitrogen and oxygen atoms in total. The van der Waals surface area contributed by atoms with E-state index in [1.165, 1.54) is 37.3 Å². The standard InChI is InChI=1S/C27H25NO11/c1-4-37-26(34)19(15-10-11-16-17(12-15)39-13-38-16)27(28-23(31)14-8-6-5-7-9-14)20(25(33)36-3)21(29)18(22(27)30)24(32)35-2/h5-12,18-20H,4,13H2,1-3H3,(H,28,31). The summed E-state index contributed by atoms with van der Waals surface area (Å²) >= 11 is 0. The number of amides is 1. The zero-order valence-electron chi connectivity index (χ0n) is 21.3. The van der Waals surface area contributed by atoms with Crippen LogP contribution >= 0.6 is 0 Å². The first kappa shape index (κ1) is 27.3. The summed E-state index contributed by atoms with van der Waals surface area (Å²) in [6, 6.07) is 11.8. The molecule has 204 valence electrons. The number of ketones is 2. The highest BCUT2D eigenvalue weighted by molar-refractivity contribution is 6.32. The highest BCUT2D eigenvalue weighted by Gasteiger charge is 2.71. The third-order valence-corrected chi connectivity index (χ3v) is 6.63. The number of fused-ring (bicyclic) bond motifs is 1. The lowest BCUT2D eigenvalue weighted by Gasteiger charge is -2.38. The van der Waals surface area contributed by atoms with E-state index in [4.69, 9.17) is 18.9 Å². The Bertz CT molecular complexity index is 1340. The Labute approximate surface area is 222 Å². The topological polar surface area (TPSA) is 161 Å². The highest BCUT2D eigenvalue weighted by Crippen LogP contribution is 2.47. The van der Waals surface area contributed by atoms with Crippen molar-refractivity contribution in [2.24, 2.45) is 11.8 Å². The largest absolute Gasteiger partial charge is 0.468 e. The first-order chi connectivity index (χ1) is 18.7. The third kappa shape index (κ3) is 4.58. The van der Waals surface area contributed by atoms with Crippen molar-refractivity contribution in [2.75, 3.05) is 27.6 Å². The van der Waals surface area contributed by atoms with Crippen molar-refractivity contribution >= 4 is 35.4 Å². The molecule has 1 amide bonds. The smallest absolute Gasteiger partial charge is 0.323 e. The number of nitrogens with one attached hydrogen (secondary N) is 1. The van der Waals surface area contributed by atoms with Crippen LogP contribution in [0.5, 0.6) is 11.5 Å². The molecule has 1 saturated carbocycles. The molecule has 39 heavy (non-hydrogen) atoms. The Morgan fingerprint density at radius 3 is 2.28 bits per heavy atom. The fourth-order valence-corrected chi connectivity index (χ4v) is 4.93. The second-order valence-electron chi connectivity index (χ2n) is 8.67. The zero-order valence-corrected chi connectivity index (χ0v) is 21.3. The normalized spacial score (nSPS) is 22.1. The molecule has 4 unspecified atom stereocenters. The van der Waals surface area contributed by atoms with Crippen LogP contribution in [-0.2, 0) is 38.2 Å². The quantitative estimate of drug-likeness (QED) is 0.289. The Balaban J connectivity index is 2.02. The minimum Gasteiger partial charge on any atom is -0.468 e. The summed E-state index contributed by atoms with van der Waals surface area (Å²) in [5.74, 6) is -12.3. The van der Waals surface area contributed by atoms with E-state index < -0.39 is 58.7 Å². The lowest BCUT2D eigenvalue weighted by Crippen LogP contribution is -2.64. The number of carbonyl (C=O) groups is 6. The molecule has 12 heteroatoms. The number of ether oxygens (including phenoxy) is 5. The first-order valence-corrected chi connectivity index (χ1v) is 11.9. The second kappa shape index (κ2) is 10.9. The summed E-state index contributed by atoms with van der Waals surface area (Å²) < 4.78 is 25.5. The van der Waals surface area contributed by atoms with Gasteiger partial charge in [-0.05, 0) is 36.8 Å². The Morgan fingerprint density at radius 1 is 0.974 bits per heavy atom. The first-order valence-electron chi connectivity index (χ1n) is 11.9. The van der Waals surface area contributed by atoms with E-state index >= 15 is 0 Å². The van der Waals surface area contributed by atoms with Crippen molar-refractivity contribution in [2.45, 2.75) is 18.4 Å². The minimum absolute atomic E-state index is 0.0478. The lowest BCUT2D eigenvalue weighted by atomic mass is 9.71. The predicted octanol–water partition coefficient (Wildman–Crippen LogP) is 0.961. The number of carbonyl (C=O) groups excluding carboxylic acids is 6. The molecular formula is C27H25NO11. The van der Waals surface area contributed by atoms with Gasteiger partial charge in [0.15, 0.2) is 29.0 Å². The maximum atomic E-state index is 14.2. The summed E-state index contributed by atoms with van der Waals surface area (Å²) in [5, 5.41) is 2.48. The average molecular weight is 539 g/mol. The van der Waals surface area contributed by atoms with Crippen LogP contribution < -0.4 is 14.8 Å². The number of esters is 3. The fraction of sp³-hybridized carbons (Fsp3) is 0.333. The maximum absolute atomic E-state index is 14.2. The minimum atomic E-state index is -2.64. The Hall–Kier alpha value is -4.74.